The van der Waals surface area contributed by atoms with E-state index in [0.29, 0.717) is 31.9 Å². The molecule has 0 amide bonds. The van der Waals surface area contributed by atoms with Crippen molar-refractivity contribution in [2.75, 3.05) is 13.2 Å². The van der Waals surface area contributed by atoms with Gasteiger partial charge in [0, 0.05) is 6.20 Å². The molecule has 2 aromatic rings. The van der Waals surface area contributed by atoms with Crippen molar-refractivity contribution in [1.82, 2.24) is 9.38 Å². The third-order valence-electron chi connectivity index (χ3n) is 2.45. The van der Waals surface area contributed by atoms with E-state index in [1.807, 2.05) is 12.1 Å². The van der Waals surface area contributed by atoms with Crippen molar-refractivity contribution in [1.29, 1.82) is 0 Å². The van der Waals surface area contributed by atoms with Gasteiger partial charge in [-0.3, -0.25) is 4.40 Å². The molecule has 0 aliphatic rings. The lowest BCUT2D eigenvalue weighted by Gasteiger charge is -2.05. The van der Waals surface area contributed by atoms with Gasteiger partial charge < -0.3 is 14.4 Å². The van der Waals surface area contributed by atoms with Crippen molar-refractivity contribution in [3.8, 4) is 0 Å². The number of pyridine rings is 1. The molecule has 1 N–H and O–H groups in total. The second-order valence-corrected chi connectivity index (χ2v) is 6.16. The molecule has 1 atom stereocenters. The number of hydrogen-bond acceptors (Lipinski definition) is 4. The van der Waals surface area contributed by atoms with Gasteiger partial charge in [-0.2, -0.15) is 0 Å². The zero-order chi connectivity index (χ0) is 16.4. The fraction of sp³-hybridized carbons (Fsp3) is 0.429. The molecule has 0 aliphatic carbocycles. The molecule has 0 saturated heterocycles. The van der Waals surface area contributed by atoms with Gasteiger partial charge in [-0.25, -0.2) is 9.78 Å². The Kier molecular flexibility index (Phi) is 9.54. The second kappa shape index (κ2) is 10.9. The van der Waals surface area contributed by atoms with Crippen LogP contribution in [0.1, 0.15) is 36.3 Å². The zero-order valence-electron chi connectivity index (χ0n) is 12.6. The van der Waals surface area contributed by atoms with E-state index in [2.05, 4.69) is 40.9 Å². The Morgan fingerprint density at radius 1 is 1.45 bits per heavy atom. The van der Waals surface area contributed by atoms with E-state index < -0.39 is 5.97 Å². The van der Waals surface area contributed by atoms with Crippen LogP contribution in [-0.2, 0) is 15.9 Å². The second-order valence-electron chi connectivity index (χ2n) is 4.40. The zero-order valence-corrected chi connectivity index (χ0v) is 15.7. The summed E-state index contributed by atoms with van der Waals surface area (Å²) in [7, 11) is 0. The fourth-order valence-electron chi connectivity index (χ4n) is 1.60. The molecule has 6 nitrogen and oxygen atoms in total. The SMILES string of the molecule is CCC.O=C(O)c1cnc2cc(COCCOPI)ccn12. The van der Waals surface area contributed by atoms with Gasteiger partial charge in [-0.15, -0.1) is 0 Å². The molecule has 0 radical (unpaired) electrons. The first kappa shape index (κ1) is 19.3. The summed E-state index contributed by atoms with van der Waals surface area (Å²) >= 11 is 2.16. The van der Waals surface area contributed by atoms with Crippen molar-refractivity contribution in [3.63, 3.8) is 0 Å². The van der Waals surface area contributed by atoms with E-state index in [1.54, 1.807) is 6.20 Å². The summed E-state index contributed by atoms with van der Waals surface area (Å²) in [6.45, 7) is 6.27. The van der Waals surface area contributed by atoms with Crippen LogP contribution in [-0.4, -0.2) is 33.7 Å². The van der Waals surface area contributed by atoms with Crippen LogP contribution in [0, 0.1) is 0 Å². The largest absolute Gasteiger partial charge is 0.477 e. The van der Waals surface area contributed by atoms with Crippen molar-refractivity contribution >= 4 is 40.1 Å². The minimum atomic E-state index is -0.992. The normalized spacial score (nSPS) is 10.9. The highest BCUT2D eigenvalue weighted by atomic mass is 127. The molecule has 8 heteroatoms. The van der Waals surface area contributed by atoms with Crippen LogP contribution in [0.5, 0.6) is 0 Å². The van der Waals surface area contributed by atoms with Crippen LogP contribution in [0.4, 0.5) is 0 Å². The number of carboxylic acid groups (broad SMARTS) is 1. The number of aromatic nitrogens is 2. The first-order valence-electron chi connectivity index (χ1n) is 6.88. The molecule has 2 heterocycles. The lowest BCUT2D eigenvalue weighted by atomic mass is 10.3. The minimum absolute atomic E-state index is 0.152. The van der Waals surface area contributed by atoms with Gasteiger partial charge >= 0.3 is 5.97 Å². The van der Waals surface area contributed by atoms with Crippen molar-refractivity contribution in [2.45, 2.75) is 26.9 Å². The van der Waals surface area contributed by atoms with Gasteiger partial charge in [0.25, 0.3) is 0 Å². The monoisotopic (exact) mass is 438 g/mol. The Morgan fingerprint density at radius 2 is 2.18 bits per heavy atom. The molecular weight excluding hydrogens is 418 g/mol. The van der Waals surface area contributed by atoms with Gasteiger partial charge in [0.2, 0.25) is 0 Å². The Bertz CT molecular complexity index is 591. The van der Waals surface area contributed by atoms with Crippen molar-refractivity contribution < 1.29 is 19.2 Å². The number of hydrogen-bond donors (Lipinski definition) is 1. The molecule has 0 aromatic carbocycles. The van der Waals surface area contributed by atoms with Crippen LogP contribution < -0.4 is 0 Å². The van der Waals surface area contributed by atoms with E-state index in [0.717, 1.165) is 5.56 Å². The van der Waals surface area contributed by atoms with Gasteiger partial charge in [0.15, 0.2) is 5.69 Å². The van der Waals surface area contributed by atoms with Gasteiger partial charge in [0.05, 0.1) is 32.5 Å². The number of halogens is 1. The highest BCUT2D eigenvalue weighted by molar-refractivity contribution is 14.2. The van der Waals surface area contributed by atoms with Crippen LogP contribution in [0.15, 0.2) is 24.5 Å². The van der Waals surface area contributed by atoms with Crippen molar-refractivity contribution in [3.05, 3.63) is 35.8 Å². The number of fused-ring (bicyclic) bond motifs is 1. The minimum Gasteiger partial charge on any atom is -0.477 e. The number of imidazole rings is 1. The van der Waals surface area contributed by atoms with E-state index in [4.69, 9.17) is 14.4 Å². The smallest absolute Gasteiger partial charge is 0.354 e. The topological polar surface area (TPSA) is 73.1 Å². The highest BCUT2D eigenvalue weighted by Gasteiger charge is 2.10. The molecular formula is C14H20IN2O4P. The third kappa shape index (κ3) is 6.16. The third-order valence-corrected chi connectivity index (χ3v) is 3.70. The van der Waals surface area contributed by atoms with Crippen LogP contribution in [0.2, 0.25) is 0 Å². The molecule has 2 aromatic heterocycles. The average molecular weight is 438 g/mol. The predicted molar refractivity (Wildman–Crippen MR) is 96.1 cm³/mol. The molecule has 0 bridgehead atoms. The Labute approximate surface area is 144 Å². The van der Waals surface area contributed by atoms with E-state index in [-0.39, 0.29) is 5.69 Å². The van der Waals surface area contributed by atoms with E-state index >= 15 is 0 Å². The van der Waals surface area contributed by atoms with Gasteiger partial charge in [0.1, 0.15) is 5.65 Å². The summed E-state index contributed by atoms with van der Waals surface area (Å²) in [5, 5.41) is 8.97. The molecule has 0 spiro atoms. The molecule has 0 saturated carbocycles. The summed E-state index contributed by atoms with van der Waals surface area (Å²) in [6.07, 6.45) is 4.28. The standard InChI is InChI=1S/C11H12IN2O4P.C3H8/c12-19-18-4-3-17-7-8-1-2-14-9(11(15)16)6-13-10(14)5-8;1-3-2/h1-2,5-6,19H,3-4,7H2,(H,15,16);3H2,1-2H3. The quantitative estimate of drug-likeness (QED) is 0.403. The maximum absolute atomic E-state index is 10.9. The lowest BCUT2D eigenvalue weighted by Crippen LogP contribution is -2.03. The maximum Gasteiger partial charge on any atom is 0.354 e. The van der Waals surface area contributed by atoms with Crippen LogP contribution in [0.3, 0.4) is 0 Å². The van der Waals surface area contributed by atoms with E-state index in [1.165, 1.54) is 17.0 Å². The summed E-state index contributed by atoms with van der Waals surface area (Å²) < 4.78 is 12.2. The predicted octanol–water partition coefficient (Wildman–Crippen LogP) is 3.93. The number of rotatable bonds is 7. The Hall–Kier alpha value is -0.760. The van der Waals surface area contributed by atoms with Crippen LogP contribution in [0.25, 0.3) is 5.65 Å². The fourth-order valence-corrected chi connectivity index (χ4v) is 2.42. The lowest BCUT2D eigenvalue weighted by molar-refractivity contribution is 0.0689. The molecule has 1 unspecified atom stereocenters. The first-order valence-corrected chi connectivity index (χ1v) is 10.9. The number of ether oxygens (including phenoxy) is 1. The van der Waals surface area contributed by atoms with Gasteiger partial charge in [-0.05, 0) is 39.7 Å². The first-order chi connectivity index (χ1) is 10.6. The van der Waals surface area contributed by atoms with Crippen LogP contribution >= 0.6 is 28.5 Å². The maximum atomic E-state index is 10.9. The summed E-state index contributed by atoms with van der Waals surface area (Å²) in [6, 6.07) is 3.63. The molecule has 0 aliphatic heterocycles. The summed E-state index contributed by atoms with van der Waals surface area (Å²) in [5.74, 6) is -0.992. The molecule has 122 valence electrons. The molecule has 2 rings (SSSR count). The Balaban J connectivity index is 0.000000745. The van der Waals surface area contributed by atoms with E-state index in [9.17, 15) is 4.79 Å². The summed E-state index contributed by atoms with van der Waals surface area (Å²) in [5.41, 5.74) is 1.70. The Morgan fingerprint density at radius 3 is 2.82 bits per heavy atom. The van der Waals surface area contributed by atoms with Gasteiger partial charge in [-0.1, -0.05) is 20.3 Å². The number of aromatic carboxylic acids is 1. The number of nitrogens with zero attached hydrogens (tertiary/aromatic N) is 2. The number of carbonyl (C=O) groups is 1. The summed E-state index contributed by atoms with van der Waals surface area (Å²) in [4.78, 5) is 15.0. The molecule has 0 fully saturated rings. The van der Waals surface area contributed by atoms with Crippen molar-refractivity contribution in [2.24, 2.45) is 0 Å². The average Bonchev–Trinajstić information content (AvgIpc) is 2.91. The highest BCUT2D eigenvalue weighted by Crippen LogP contribution is 2.20. The molecule has 22 heavy (non-hydrogen) atoms. The number of carboxylic acids is 1.